The molecule has 0 bridgehead atoms. The Kier molecular flexibility index (Phi) is 8.32. The maximum atomic E-state index is 13.4. The number of rotatable bonds is 8. The summed E-state index contributed by atoms with van der Waals surface area (Å²) >= 11 is 0. The van der Waals surface area contributed by atoms with Crippen LogP contribution in [0.15, 0.2) is 60.7 Å². The van der Waals surface area contributed by atoms with E-state index >= 15 is 0 Å². The van der Waals surface area contributed by atoms with Crippen LogP contribution in [-0.4, -0.2) is 41.3 Å². The quantitative estimate of drug-likeness (QED) is 0.337. The fourth-order valence-corrected chi connectivity index (χ4v) is 4.40. The Balaban J connectivity index is 1.58. The molecule has 210 valence electrons. The van der Waals surface area contributed by atoms with Gasteiger partial charge in [0.2, 0.25) is 0 Å². The van der Waals surface area contributed by atoms with Crippen LogP contribution in [0.3, 0.4) is 0 Å². The van der Waals surface area contributed by atoms with Crippen LogP contribution in [-0.2, 0) is 16.0 Å². The molecular weight excluding hydrogens is 512 g/mol. The lowest BCUT2D eigenvalue weighted by molar-refractivity contribution is -0.125. The summed E-state index contributed by atoms with van der Waals surface area (Å²) < 4.78 is 17.3. The molecule has 3 aromatic carbocycles. The molecule has 40 heavy (non-hydrogen) atoms. The average Bonchev–Trinajstić information content (AvgIpc) is 2.89. The number of fused-ring (bicyclic) bond motifs is 1. The van der Waals surface area contributed by atoms with E-state index in [1.165, 1.54) is 6.07 Å². The summed E-state index contributed by atoms with van der Waals surface area (Å²) in [4.78, 5) is 38.9. The van der Waals surface area contributed by atoms with Gasteiger partial charge in [0, 0.05) is 12.1 Å². The van der Waals surface area contributed by atoms with Crippen LogP contribution in [0.1, 0.15) is 55.6 Å². The van der Waals surface area contributed by atoms with Crippen molar-refractivity contribution in [3.05, 3.63) is 77.4 Å². The van der Waals surface area contributed by atoms with Crippen LogP contribution < -0.4 is 19.7 Å². The smallest absolute Gasteiger partial charge is 0.407 e. The van der Waals surface area contributed by atoms with E-state index in [1.54, 1.807) is 62.9 Å². The molecule has 0 aromatic heterocycles. The zero-order valence-electron chi connectivity index (χ0n) is 23.3. The fraction of sp³-hybridized carbons (Fsp3) is 0.323. The van der Waals surface area contributed by atoms with Gasteiger partial charge in [0.25, 0.3) is 5.91 Å². The first kappa shape index (κ1) is 28.5. The maximum absolute atomic E-state index is 13.4. The van der Waals surface area contributed by atoms with Gasteiger partial charge in [-0.3, -0.25) is 9.69 Å². The molecule has 3 aromatic rings. The molecule has 0 saturated heterocycles. The van der Waals surface area contributed by atoms with Crippen molar-refractivity contribution in [3.63, 3.8) is 0 Å². The minimum Gasteiger partial charge on any atom is -0.478 e. The second-order valence-electron chi connectivity index (χ2n) is 10.5. The lowest BCUT2D eigenvalue weighted by Gasteiger charge is -2.35. The zero-order chi connectivity index (χ0) is 29.0. The number of para-hydroxylation sites is 2. The molecule has 0 spiro atoms. The summed E-state index contributed by atoms with van der Waals surface area (Å²) in [6, 6.07) is 17.5. The molecule has 1 heterocycles. The average molecular weight is 547 g/mol. The number of carboxylic acids is 1. The highest BCUT2D eigenvalue weighted by Gasteiger charge is 2.36. The third kappa shape index (κ3) is 6.36. The predicted octanol–water partition coefficient (Wildman–Crippen LogP) is 6.39. The Hall–Kier alpha value is -4.53. The molecule has 9 nitrogen and oxygen atoms in total. The number of aromatic carboxylic acids is 1. The molecule has 2 amide bonds. The van der Waals surface area contributed by atoms with E-state index in [2.05, 4.69) is 5.32 Å². The number of benzene rings is 3. The molecule has 4 rings (SSSR count). The van der Waals surface area contributed by atoms with Gasteiger partial charge in [-0.15, -0.1) is 0 Å². The molecule has 2 N–H and O–H groups in total. The van der Waals surface area contributed by atoms with E-state index in [9.17, 15) is 19.5 Å². The van der Waals surface area contributed by atoms with Gasteiger partial charge in [0.1, 0.15) is 28.4 Å². The molecule has 1 unspecified atom stereocenters. The lowest BCUT2D eigenvalue weighted by atomic mass is 10.0. The number of hydrogen-bond acceptors (Lipinski definition) is 6. The van der Waals surface area contributed by atoms with E-state index in [4.69, 9.17) is 14.2 Å². The maximum Gasteiger partial charge on any atom is 0.407 e. The minimum atomic E-state index is -1.14. The van der Waals surface area contributed by atoms with Crippen LogP contribution in [0.25, 0.3) is 0 Å². The monoisotopic (exact) mass is 546 g/mol. The minimum absolute atomic E-state index is 0.0204. The molecule has 1 aliphatic heterocycles. The van der Waals surface area contributed by atoms with Gasteiger partial charge in [-0.2, -0.15) is 0 Å². The molecule has 1 aliphatic rings. The van der Waals surface area contributed by atoms with Crippen molar-refractivity contribution in [1.29, 1.82) is 0 Å². The summed E-state index contributed by atoms with van der Waals surface area (Å²) in [6.45, 7) is 9.42. The summed E-state index contributed by atoms with van der Waals surface area (Å²) in [7, 11) is 0. The lowest BCUT2D eigenvalue weighted by Crippen LogP contribution is -2.43. The summed E-state index contributed by atoms with van der Waals surface area (Å²) in [5.41, 5.74) is 1.97. The van der Waals surface area contributed by atoms with Crippen LogP contribution in [0.2, 0.25) is 0 Å². The van der Waals surface area contributed by atoms with Gasteiger partial charge < -0.3 is 24.6 Å². The molecular formula is C31H34N2O7. The Labute approximate surface area is 233 Å². The van der Waals surface area contributed by atoms with Gasteiger partial charge in [0.05, 0.1) is 11.4 Å². The van der Waals surface area contributed by atoms with Crippen LogP contribution in [0.4, 0.5) is 16.2 Å². The number of carboxylic acid groups (broad SMARTS) is 1. The summed E-state index contributed by atoms with van der Waals surface area (Å²) in [6.07, 6.45) is -0.0735. The van der Waals surface area contributed by atoms with Gasteiger partial charge in [-0.05, 0) is 82.5 Å². The first-order valence-electron chi connectivity index (χ1n) is 13.2. The number of nitrogens with one attached hydrogen (secondary N) is 1. The van der Waals surface area contributed by atoms with Crippen molar-refractivity contribution in [1.82, 2.24) is 5.32 Å². The molecule has 1 atom stereocenters. The number of amides is 2. The predicted molar refractivity (Wildman–Crippen MR) is 151 cm³/mol. The van der Waals surface area contributed by atoms with Crippen LogP contribution in [0.5, 0.6) is 17.2 Å². The highest BCUT2D eigenvalue weighted by molar-refractivity contribution is 6.07. The van der Waals surface area contributed by atoms with Crippen molar-refractivity contribution in [3.8, 4) is 17.2 Å². The standard InChI is InChI=1S/C31H34N2O7/c1-6-25-28(34)33(24-9-7-8-10-26(24)39-25)23-16-15-22(29(35)36)27(19(23)2)38-21-13-11-20(12-14-21)17-18-32-30(37)40-31(3,4)5/h7-16,25H,6,17-18H2,1-5H3,(H,32,37)(H,35,36). The third-order valence-electron chi connectivity index (χ3n) is 6.32. The third-order valence-corrected chi connectivity index (χ3v) is 6.32. The highest BCUT2D eigenvalue weighted by atomic mass is 16.6. The van der Waals surface area contributed by atoms with Crippen molar-refractivity contribution >= 4 is 29.3 Å². The van der Waals surface area contributed by atoms with E-state index in [0.29, 0.717) is 47.8 Å². The van der Waals surface area contributed by atoms with Crippen LogP contribution in [0, 0.1) is 6.92 Å². The Morgan fingerprint density at radius 2 is 1.73 bits per heavy atom. The number of anilines is 2. The number of nitrogens with zero attached hydrogens (tertiary/aromatic N) is 1. The highest BCUT2D eigenvalue weighted by Crippen LogP contribution is 2.43. The second-order valence-corrected chi connectivity index (χ2v) is 10.5. The summed E-state index contributed by atoms with van der Waals surface area (Å²) in [5.74, 6) is -0.215. The number of hydrogen-bond donors (Lipinski definition) is 2. The topological polar surface area (TPSA) is 114 Å². The van der Waals surface area contributed by atoms with E-state index in [0.717, 1.165) is 5.56 Å². The van der Waals surface area contributed by atoms with E-state index in [-0.39, 0.29) is 17.2 Å². The van der Waals surface area contributed by atoms with Gasteiger partial charge in [0.15, 0.2) is 6.10 Å². The number of ether oxygens (including phenoxy) is 3. The SMILES string of the molecule is CCC1Oc2ccccc2N(c2ccc(C(=O)O)c(Oc3ccc(CCNC(=O)OC(C)(C)C)cc3)c2C)C1=O. The van der Waals surface area contributed by atoms with E-state index in [1.807, 2.05) is 31.2 Å². The number of alkyl carbamates (subject to hydrolysis) is 1. The fourth-order valence-electron chi connectivity index (χ4n) is 4.40. The largest absolute Gasteiger partial charge is 0.478 e. The van der Waals surface area contributed by atoms with E-state index < -0.39 is 23.8 Å². The van der Waals surface area contributed by atoms with Gasteiger partial charge in [-0.1, -0.05) is 31.2 Å². The molecule has 0 aliphatic carbocycles. The first-order valence-corrected chi connectivity index (χ1v) is 13.2. The first-order chi connectivity index (χ1) is 19.0. The van der Waals surface area contributed by atoms with Crippen molar-refractivity contribution in [2.75, 3.05) is 11.4 Å². The van der Waals surface area contributed by atoms with Crippen molar-refractivity contribution in [2.24, 2.45) is 0 Å². The molecule has 0 fully saturated rings. The van der Waals surface area contributed by atoms with Crippen molar-refractivity contribution < 1.29 is 33.7 Å². The zero-order valence-corrected chi connectivity index (χ0v) is 23.3. The molecule has 9 heteroatoms. The Morgan fingerprint density at radius 1 is 1.02 bits per heavy atom. The molecule has 0 radical (unpaired) electrons. The van der Waals surface area contributed by atoms with Gasteiger partial charge >= 0.3 is 12.1 Å². The molecule has 0 saturated carbocycles. The Morgan fingerprint density at radius 3 is 2.38 bits per heavy atom. The number of carbonyl (C=O) groups is 3. The van der Waals surface area contributed by atoms with Gasteiger partial charge in [-0.25, -0.2) is 9.59 Å². The number of carbonyl (C=O) groups excluding carboxylic acids is 2. The summed E-state index contributed by atoms with van der Waals surface area (Å²) in [5, 5.41) is 12.6. The second kappa shape index (κ2) is 11.7. The van der Waals surface area contributed by atoms with Crippen LogP contribution >= 0.6 is 0 Å². The Bertz CT molecular complexity index is 1410. The van der Waals surface area contributed by atoms with Crippen molar-refractivity contribution in [2.45, 2.75) is 59.2 Å². The normalized spacial score (nSPS) is 14.7.